The van der Waals surface area contributed by atoms with E-state index in [0.29, 0.717) is 30.2 Å². The van der Waals surface area contributed by atoms with Crippen molar-refractivity contribution in [1.29, 1.82) is 0 Å². The second-order valence-electron chi connectivity index (χ2n) is 6.79. The molecule has 2 heterocycles. The quantitative estimate of drug-likeness (QED) is 0.906. The molecule has 4 rings (SSSR count). The Hall–Kier alpha value is -0.860. The lowest BCUT2D eigenvalue weighted by atomic mass is 9.79. The summed E-state index contributed by atoms with van der Waals surface area (Å²) in [7, 11) is 0. The van der Waals surface area contributed by atoms with Gasteiger partial charge in [-0.1, -0.05) is 43.2 Å². The van der Waals surface area contributed by atoms with Crippen LogP contribution in [0.5, 0.6) is 0 Å². The fourth-order valence-corrected chi connectivity index (χ4v) is 4.52. The normalized spacial score (nSPS) is 40.1. The Morgan fingerprint density at radius 1 is 0.900 bits per heavy atom. The molecule has 2 bridgehead atoms. The lowest BCUT2D eigenvalue weighted by molar-refractivity contribution is 0.0944. The second-order valence-corrected chi connectivity index (χ2v) is 6.79. The molecular formula is C18H25NO. The molecule has 2 nitrogen and oxygen atoms in total. The number of rotatable bonds is 3. The van der Waals surface area contributed by atoms with Crippen LogP contribution in [0.15, 0.2) is 30.3 Å². The van der Waals surface area contributed by atoms with Crippen molar-refractivity contribution in [3.63, 3.8) is 0 Å². The van der Waals surface area contributed by atoms with Crippen molar-refractivity contribution < 1.29 is 4.74 Å². The summed E-state index contributed by atoms with van der Waals surface area (Å²) in [6.07, 6.45) is 10.3. The predicted octanol–water partition coefficient (Wildman–Crippen LogP) is 3.62. The number of benzene rings is 1. The van der Waals surface area contributed by atoms with Crippen molar-refractivity contribution in [2.45, 2.75) is 75.2 Å². The number of hydrogen-bond donors (Lipinski definition) is 1. The summed E-state index contributed by atoms with van der Waals surface area (Å²) in [5.74, 6) is 0.698. The Labute approximate surface area is 121 Å². The Morgan fingerprint density at radius 2 is 1.75 bits per heavy atom. The van der Waals surface area contributed by atoms with E-state index in [2.05, 4.69) is 35.6 Å². The van der Waals surface area contributed by atoms with Gasteiger partial charge in [0.1, 0.15) is 0 Å². The smallest absolute Gasteiger partial charge is 0.0733 e. The van der Waals surface area contributed by atoms with E-state index in [0.717, 1.165) is 0 Å². The third kappa shape index (κ3) is 2.40. The summed E-state index contributed by atoms with van der Waals surface area (Å²) in [6.45, 7) is 0. The minimum Gasteiger partial charge on any atom is -0.373 e. The molecule has 1 N–H and O–H groups in total. The maximum atomic E-state index is 6.00. The summed E-state index contributed by atoms with van der Waals surface area (Å²) in [5.41, 5.74) is 1.52. The Bertz CT molecular complexity index is 446. The molecular weight excluding hydrogens is 246 g/mol. The van der Waals surface area contributed by atoms with Gasteiger partial charge in [-0.3, -0.25) is 0 Å². The van der Waals surface area contributed by atoms with Gasteiger partial charge in [-0.25, -0.2) is 0 Å². The van der Waals surface area contributed by atoms with E-state index in [-0.39, 0.29) is 0 Å². The molecule has 0 aromatic heterocycles. The Morgan fingerprint density at radius 3 is 2.50 bits per heavy atom. The van der Waals surface area contributed by atoms with Crippen LogP contribution in [0.25, 0.3) is 0 Å². The van der Waals surface area contributed by atoms with Gasteiger partial charge in [0.15, 0.2) is 0 Å². The van der Waals surface area contributed by atoms with Crippen molar-refractivity contribution in [3.8, 4) is 0 Å². The van der Waals surface area contributed by atoms with Gasteiger partial charge in [-0.2, -0.15) is 0 Å². The topological polar surface area (TPSA) is 21.3 Å². The van der Waals surface area contributed by atoms with Crippen LogP contribution < -0.4 is 5.32 Å². The molecule has 1 saturated carbocycles. The van der Waals surface area contributed by atoms with E-state index >= 15 is 0 Å². The molecule has 0 amide bonds. The highest BCUT2D eigenvalue weighted by Crippen LogP contribution is 2.38. The molecule has 0 radical (unpaired) electrons. The molecule has 1 aromatic carbocycles. The highest BCUT2D eigenvalue weighted by atomic mass is 16.5. The molecule has 1 aromatic rings. The van der Waals surface area contributed by atoms with Crippen LogP contribution in [0.1, 0.15) is 56.4 Å². The van der Waals surface area contributed by atoms with Crippen LogP contribution in [0.3, 0.4) is 0 Å². The van der Waals surface area contributed by atoms with Gasteiger partial charge in [0, 0.05) is 12.1 Å². The van der Waals surface area contributed by atoms with Crippen molar-refractivity contribution in [2.75, 3.05) is 0 Å². The summed E-state index contributed by atoms with van der Waals surface area (Å²) in [5, 5.41) is 3.97. The molecule has 3 fully saturated rings. The molecule has 0 spiro atoms. The van der Waals surface area contributed by atoms with Gasteiger partial charge in [-0.05, 0) is 43.6 Å². The van der Waals surface area contributed by atoms with Crippen LogP contribution in [-0.4, -0.2) is 24.3 Å². The fourth-order valence-electron chi connectivity index (χ4n) is 4.52. The van der Waals surface area contributed by atoms with Crippen LogP contribution in [-0.2, 0) is 4.74 Å². The number of ether oxygens (including phenoxy) is 1. The van der Waals surface area contributed by atoms with Gasteiger partial charge >= 0.3 is 0 Å². The summed E-state index contributed by atoms with van der Waals surface area (Å²) < 4.78 is 6.00. The van der Waals surface area contributed by atoms with Gasteiger partial charge < -0.3 is 10.1 Å². The second kappa shape index (κ2) is 5.50. The average Bonchev–Trinajstić information content (AvgIpc) is 3.11. The zero-order valence-corrected chi connectivity index (χ0v) is 12.1. The minimum atomic E-state index is 0.498. The van der Waals surface area contributed by atoms with Gasteiger partial charge in [0.25, 0.3) is 0 Å². The highest BCUT2D eigenvalue weighted by molar-refractivity contribution is 5.22. The van der Waals surface area contributed by atoms with Crippen LogP contribution in [0.4, 0.5) is 0 Å². The summed E-state index contributed by atoms with van der Waals surface area (Å²) in [6, 6.07) is 12.4. The van der Waals surface area contributed by atoms with E-state index in [1.54, 1.807) is 0 Å². The lowest BCUT2D eigenvalue weighted by Crippen LogP contribution is -2.47. The number of nitrogens with one attached hydrogen (secondary N) is 1. The SMILES string of the molecule is c1ccc(C2CCCCC2NC2CC3CCC2O3)cc1. The number of hydrogen-bond acceptors (Lipinski definition) is 2. The van der Waals surface area contributed by atoms with Crippen molar-refractivity contribution >= 4 is 0 Å². The first-order valence-electron chi connectivity index (χ1n) is 8.36. The zero-order chi connectivity index (χ0) is 13.4. The molecule has 20 heavy (non-hydrogen) atoms. The summed E-state index contributed by atoms with van der Waals surface area (Å²) in [4.78, 5) is 0. The first kappa shape index (κ1) is 12.8. The summed E-state index contributed by atoms with van der Waals surface area (Å²) >= 11 is 0. The molecule has 5 atom stereocenters. The van der Waals surface area contributed by atoms with Gasteiger partial charge in [0.05, 0.1) is 12.2 Å². The van der Waals surface area contributed by atoms with Gasteiger partial charge in [0.2, 0.25) is 0 Å². The molecule has 2 heteroatoms. The van der Waals surface area contributed by atoms with E-state index in [1.165, 1.54) is 50.5 Å². The molecule has 1 aliphatic carbocycles. The Balaban J connectivity index is 1.47. The third-order valence-corrected chi connectivity index (χ3v) is 5.53. The third-order valence-electron chi connectivity index (χ3n) is 5.53. The van der Waals surface area contributed by atoms with Crippen LogP contribution in [0.2, 0.25) is 0 Å². The predicted molar refractivity (Wildman–Crippen MR) is 80.9 cm³/mol. The van der Waals surface area contributed by atoms with E-state index in [9.17, 15) is 0 Å². The molecule has 2 saturated heterocycles. The monoisotopic (exact) mass is 271 g/mol. The van der Waals surface area contributed by atoms with Crippen molar-refractivity contribution in [1.82, 2.24) is 5.32 Å². The fraction of sp³-hybridized carbons (Fsp3) is 0.667. The van der Waals surface area contributed by atoms with Crippen molar-refractivity contribution in [3.05, 3.63) is 35.9 Å². The standard InChI is InChI=1S/C18H25NO/c1-2-6-13(7-3-1)15-8-4-5-9-16(15)19-17-12-14-10-11-18(17)20-14/h1-3,6-7,14-19H,4-5,8-12H2. The van der Waals surface area contributed by atoms with Gasteiger partial charge in [-0.15, -0.1) is 0 Å². The molecule has 108 valence electrons. The minimum absolute atomic E-state index is 0.498. The zero-order valence-electron chi connectivity index (χ0n) is 12.1. The largest absolute Gasteiger partial charge is 0.373 e. The molecule has 2 aliphatic heterocycles. The maximum Gasteiger partial charge on any atom is 0.0733 e. The highest BCUT2D eigenvalue weighted by Gasteiger charge is 2.42. The maximum absolute atomic E-state index is 6.00. The van der Waals surface area contributed by atoms with E-state index < -0.39 is 0 Å². The van der Waals surface area contributed by atoms with Crippen molar-refractivity contribution in [2.24, 2.45) is 0 Å². The lowest BCUT2D eigenvalue weighted by Gasteiger charge is -2.36. The molecule has 5 unspecified atom stereocenters. The first-order valence-corrected chi connectivity index (χ1v) is 8.36. The van der Waals surface area contributed by atoms with E-state index in [4.69, 9.17) is 4.74 Å². The average molecular weight is 271 g/mol. The molecule has 3 aliphatic rings. The van der Waals surface area contributed by atoms with E-state index in [1.807, 2.05) is 0 Å². The van der Waals surface area contributed by atoms with Crippen LogP contribution in [0, 0.1) is 0 Å². The Kier molecular flexibility index (Phi) is 3.53. The first-order chi connectivity index (χ1) is 9.90. The van der Waals surface area contributed by atoms with Crippen LogP contribution >= 0.6 is 0 Å². The number of fused-ring (bicyclic) bond motifs is 2.